The largest absolute Gasteiger partial charge is 0.547 e. The third-order valence-electron chi connectivity index (χ3n) is 1.32. The number of hydrogen-bond acceptors (Lipinski definition) is 2. The quantitative estimate of drug-likeness (QED) is 0.523. The minimum Gasteiger partial charge on any atom is -0.102 e. The molecule has 3 nitrogen and oxygen atoms in total. The highest BCUT2D eigenvalue weighted by atomic mass is 31.1. The molecule has 0 N–H and O–H groups in total. The van der Waals surface area contributed by atoms with E-state index in [1.807, 2.05) is 12.1 Å². The Kier molecular flexibility index (Phi) is 1.11. The Morgan fingerprint density at radius 3 is 2.90 bits per heavy atom. The average molecular weight is 151 g/mol. The zero-order valence-corrected chi connectivity index (χ0v) is 5.95. The SMILES string of the molecule is O=[P+]1N=Nc2ccccc21. The van der Waals surface area contributed by atoms with Crippen molar-refractivity contribution < 1.29 is 4.57 Å². The van der Waals surface area contributed by atoms with Gasteiger partial charge in [0.1, 0.15) is 5.69 Å². The third kappa shape index (κ3) is 0.677. The lowest BCUT2D eigenvalue weighted by Gasteiger charge is -1.79. The van der Waals surface area contributed by atoms with Crippen LogP contribution in [0.1, 0.15) is 0 Å². The molecule has 4 heteroatoms. The number of fused-ring (bicyclic) bond motifs is 1. The van der Waals surface area contributed by atoms with E-state index in [2.05, 4.69) is 10.00 Å². The summed E-state index contributed by atoms with van der Waals surface area (Å²) in [6, 6.07) is 7.28. The first-order chi connectivity index (χ1) is 4.88. The van der Waals surface area contributed by atoms with Crippen molar-refractivity contribution in [2.45, 2.75) is 0 Å². The second-order valence-corrected chi connectivity index (χ2v) is 3.16. The molecule has 0 bridgehead atoms. The normalized spacial score (nSPS) is 17.4. The number of rotatable bonds is 0. The Morgan fingerprint density at radius 2 is 2.10 bits per heavy atom. The highest BCUT2D eigenvalue weighted by molar-refractivity contribution is 7.52. The van der Waals surface area contributed by atoms with Crippen LogP contribution in [0.5, 0.6) is 0 Å². The van der Waals surface area contributed by atoms with Gasteiger partial charge < -0.3 is 0 Å². The lowest BCUT2D eigenvalue weighted by atomic mass is 10.3. The molecule has 1 unspecified atom stereocenters. The molecule has 1 aliphatic heterocycles. The fourth-order valence-electron chi connectivity index (χ4n) is 0.847. The highest BCUT2D eigenvalue weighted by Gasteiger charge is 2.29. The predicted octanol–water partition coefficient (Wildman–Crippen LogP) is 2.15. The Labute approximate surface area is 58.6 Å². The van der Waals surface area contributed by atoms with Gasteiger partial charge in [-0.15, -0.1) is 5.11 Å². The van der Waals surface area contributed by atoms with Gasteiger partial charge in [-0.2, -0.15) is 0 Å². The number of nitrogens with zero attached hydrogens (tertiary/aromatic N) is 2. The van der Waals surface area contributed by atoms with Crippen molar-refractivity contribution in [3.63, 3.8) is 0 Å². The molecule has 0 amide bonds. The van der Waals surface area contributed by atoms with E-state index < -0.39 is 7.95 Å². The molecule has 48 valence electrons. The topological polar surface area (TPSA) is 41.8 Å². The molecule has 0 fully saturated rings. The maximum Gasteiger partial charge on any atom is 0.547 e. The van der Waals surface area contributed by atoms with Crippen molar-refractivity contribution in [3.8, 4) is 0 Å². The van der Waals surface area contributed by atoms with Crippen molar-refractivity contribution in [2.24, 2.45) is 10.00 Å². The van der Waals surface area contributed by atoms with Gasteiger partial charge in [0.2, 0.25) is 5.30 Å². The summed E-state index contributed by atoms with van der Waals surface area (Å²) in [6.07, 6.45) is 0. The van der Waals surface area contributed by atoms with Gasteiger partial charge in [0.15, 0.2) is 0 Å². The van der Waals surface area contributed by atoms with E-state index >= 15 is 0 Å². The molecule has 1 aromatic rings. The molecule has 1 aromatic carbocycles. The summed E-state index contributed by atoms with van der Waals surface area (Å²) in [5.74, 6) is 0. The molecular weight excluding hydrogens is 147 g/mol. The second-order valence-electron chi connectivity index (χ2n) is 1.95. The van der Waals surface area contributed by atoms with Crippen LogP contribution in [0.25, 0.3) is 0 Å². The van der Waals surface area contributed by atoms with Crippen LogP contribution in [0.4, 0.5) is 5.69 Å². The Morgan fingerprint density at radius 1 is 1.30 bits per heavy atom. The smallest absolute Gasteiger partial charge is 0.102 e. The minimum absolute atomic E-state index is 0.739. The van der Waals surface area contributed by atoms with Gasteiger partial charge in [-0.25, -0.2) is 0 Å². The lowest BCUT2D eigenvalue weighted by Crippen LogP contribution is -1.89. The van der Waals surface area contributed by atoms with E-state index in [-0.39, 0.29) is 0 Å². The maximum atomic E-state index is 11.0. The zero-order chi connectivity index (χ0) is 6.97. The standard InChI is InChI=1S/C6H4N2OP/c9-10-6-4-2-1-3-5(6)7-8-10/h1-4H/q+1. The van der Waals surface area contributed by atoms with Crippen molar-refractivity contribution in [1.29, 1.82) is 0 Å². The Bertz CT molecular complexity index is 321. The number of benzene rings is 1. The Balaban J connectivity index is 2.70. The highest BCUT2D eigenvalue weighted by Crippen LogP contribution is 2.35. The summed E-state index contributed by atoms with van der Waals surface area (Å²) >= 11 is 0. The van der Waals surface area contributed by atoms with Crippen LogP contribution in [0.2, 0.25) is 0 Å². The lowest BCUT2D eigenvalue weighted by molar-refractivity contribution is 0.594. The molecule has 0 aliphatic carbocycles. The van der Waals surface area contributed by atoms with Crippen molar-refractivity contribution in [1.82, 2.24) is 0 Å². The summed E-state index contributed by atoms with van der Waals surface area (Å²) in [5, 5.41) is 4.47. The van der Waals surface area contributed by atoms with Gasteiger partial charge >= 0.3 is 7.95 Å². The fourth-order valence-corrected chi connectivity index (χ4v) is 1.65. The van der Waals surface area contributed by atoms with E-state index in [4.69, 9.17) is 0 Å². The van der Waals surface area contributed by atoms with Crippen molar-refractivity contribution in [3.05, 3.63) is 24.3 Å². The molecule has 0 saturated heterocycles. The molecule has 0 radical (unpaired) electrons. The van der Waals surface area contributed by atoms with E-state index in [9.17, 15) is 4.57 Å². The van der Waals surface area contributed by atoms with Crippen LogP contribution in [-0.2, 0) is 4.57 Å². The monoisotopic (exact) mass is 151 g/mol. The third-order valence-corrected chi connectivity index (χ3v) is 2.36. The molecule has 0 spiro atoms. The van der Waals surface area contributed by atoms with Crippen LogP contribution in [0.3, 0.4) is 0 Å². The van der Waals surface area contributed by atoms with Crippen LogP contribution in [-0.4, -0.2) is 0 Å². The minimum atomic E-state index is -1.57. The summed E-state index contributed by atoms with van der Waals surface area (Å²) in [4.78, 5) is 3.54. The average Bonchev–Trinajstić information content (AvgIpc) is 2.34. The van der Waals surface area contributed by atoms with Gasteiger partial charge in [-0.1, -0.05) is 12.1 Å². The summed E-state index contributed by atoms with van der Waals surface area (Å²) in [6.45, 7) is 0. The number of hydrogen-bond donors (Lipinski definition) is 0. The van der Waals surface area contributed by atoms with Gasteiger partial charge in [0.05, 0.1) is 4.88 Å². The van der Waals surface area contributed by atoms with Crippen LogP contribution >= 0.6 is 7.95 Å². The van der Waals surface area contributed by atoms with Gasteiger partial charge in [-0.05, 0) is 16.7 Å². The van der Waals surface area contributed by atoms with E-state index in [0.29, 0.717) is 0 Å². The van der Waals surface area contributed by atoms with E-state index in [0.717, 1.165) is 11.0 Å². The summed E-state index contributed by atoms with van der Waals surface area (Å²) < 4.78 is 11.0. The molecule has 1 heterocycles. The van der Waals surface area contributed by atoms with E-state index in [1.54, 1.807) is 12.1 Å². The molecule has 1 atom stereocenters. The first kappa shape index (κ1) is 5.69. The summed E-state index contributed by atoms with van der Waals surface area (Å²) in [7, 11) is -1.57. The van der Waals surface area contributed by atoms with Crippen molar-refractivity contribution >= 4 is 18.9 Å². The molecular formula is C6H4N2OP+. The van der Waals surface area contributed by atoms with Crippen LogP contribution < -0.4 is 5.30 Å². The zero-order valence-electron chi connectivity index (χ0n) is 5.06. The van der Waals surface area contributed by atoms with Crippen LogP contribution in [0, 0.1) is 0 Å². The summed E-state index contributed by atoms with van der Waals surface area (Å²) in [5.41, 5.74) is 0.739. The second kappa shape index (κ2) is 1.96. The van der Waals surface area contributed by atoms with E-state index in [1.165, 1.54) is 0 Å². The van der Waals surface area contributed by atoms with Gasteiger partial charge in [-0.3, -0.25) is 0 Å². The Hall–Kier alpha value is -1.08. The molecule has 0 saturated carbocycles. The molecule has 2 rings (SSSR count). The maximum absolute atomic E-state index is 11.0. The predicted molar refractivity (Wildman–Crippen MR) is 38.2 cm³/mol. The molecule has 1 aliphatic rings. The van der Waals surface area contributed by atoms with Gasteiger partial charge in [0.25, 0.3) is 0 Å². The fraction of sp³-hybridized carbons (Fsp3) is 0. The molecule has 10 heavy (non-hydrogen) atoms. The van der Waals surface area contributed by atoms with Crippen LogP contribution in [0.15, 0.2) is 34.3 Å². The molecule has 0 aromatic heterocycles. The van der Waals surface area contributed by atoms with Gasteiger partial charge in [0, 0.05) is 0 Å². The van der Waals surface area contributed by atoms with Crippen molar-refractivity contribution in [2.75, 3.05) is 0 Å². The first-order valence-corrected chi connectivity index (χ1v) is 4.07. The first-order valence-electron chi connectivity index (χ1n) is 2.86.